The van der Waals surface area contributed by atoms with Crippen molar-refractivity contribution in [3.8, 4) is 17.2 Å². The molecule has 2 N–H and O–H groups in total. The van der Waals surface area contributed by atoms with Crippen molar-refractivity contribution in [2.45, 2.75) is 25.2 Å². The molecule has 0 aromatic heterocycles. The Hall–Kier alpha value is -3.42. The molecule has 0 bridgehead atoms. The Morgan fingerprint density at radius 2 is 1.57 bits per heavy atom. The Kier molecular flexibility index (Phi) is 5.58. The van der Waals surface area contributed by atoms with Crippen molar-refractivity contribution >= 4 is 5.91 Å². The van der Waals surface area contributed by atoms with Crippen molar-refractivity contribution in [2.75, 3.05) is 0 Å². The van der Waals surface area contributed by atoms with Crippen LogP contribution in [0.5, 0.6) is 0 Å². The number of hydroxylamine groups is 1. The fraction of sp³-hybridized carbons (Fsp3) is 0.167. The molecule has 0 aliphatic carbocycles. The largest absolute Gasteiger partial charge is 0.289 e. The molecule has 0 fully saturated rings. The van der Waals surface area contributed by atoms with E-state index in [0.29, 0.717) is 0 Å². The Balaban J connectivity index is 1.99. The van der Waals surface area contributed by atoms with Gasteiger partial charge < -0.3 is 0 Å². The number of rotatable bonds is 5. The number of benzene rings is 3. The van der Waals surface area contributed by atoms with Gasteiger partial charge in [0.2, 0.25) is 0 Å². The fourth-order valence-corrected chi connectivity index (χ4v) is 3.25. The lowest BCUT2D eigenvalue weighted by Gasteiger charge is -2.18. The van der Waals surface area contributed by atoms with Crippen LogP contribution in [0.1, 0.15) is 36.5 Å². The van der Waals surface area contributed by atoms with Crippen LogP contribution < -0.4 is 5.48 Å². The molecule has 4 heteroatoms. The zero-order chi connectivity index (χ0) is 20.1. The number of carbonyl (C=O) groups is 1. The van der Waals surface area contributed by atoms with E-state index in [-0.39, 0.29) is 0 Å². The first kappa shape index (κ1) is 19.3. The van der Waals surface area contributed by atoms with E-state index < -0.39 is 17.2 Å². The van der Waals surface area contributed by atoms with Gasteiger partial charge in [-0.2, -0.15) is 5.26 Å². The smallest absolute Gasteiger partial charge is 0.255 e. The minimum atomic E-state index is -0.608. The standard InChI is InChI=1S/C24H22N2O2/c1-24(2,16-25)21-13-11-17(12-14-21)19-9-6-10-20(15-19)22(23(27)26-28)18-7-4-3-5-8-18/h3-15,22,28H,1-2H3,(H,26,27). The minimum absolute atomic E-state index is 0.477. The molecule has 3 rings (SSSR count). The molecular weight excluding hydrogens is 348 g/mol. The maximum absolute atomic E-state index is 12.4. The molecule has 28 heavy (non-hydrogen) atoms. The lowest BCUT2D eigenvalue weighted by atomic mass is 9.85. The first-order chi connectivity index (χ1) is 13.5. The van der Waals surface area contributed by atoms with Crippen molar-refractivity contribution < 1.29 is 10.0 Å². The molecule has 0 saturated heterocycles. The van der Waals surface area contributed by atoms with Gasteiger partial charge in [-0.1, -0.05) is 78.9 Å². The summed E-state index contributed by atoms with van der Waals surface area (Å²) in [6.07, 6.45) is 0. The van der Waals surface area contributed by atoms with Crippen LogP contribution in [0.15, 0.2) is 78.9 Å². The topological polar surface area (TPSA) is 73.1 Å². The minimum Gasteiger partial charge on any atom is -0.289 e. The summed E-state index contributed by atoms with van der Waals surface area (Å²) in [5.74, 6) is -1.09. The lowest BCUT2D eigenvalue weighted by molar-refractivity contribution is -0.129. The summed E-state index contributed by atoms with van der Waals surface area (Å²) in [6.45, 7) is 3.78. The van der Waals surface area contributed by atoms with Gasteiger partial charge in [-0.25, -0.2) is 5.48 Å². The molecule has 0 aliphatic rings. The predicted molar refractivity (Wildman–Crippen MR) is 109 cm³/mol. The fourth-order valence-electron chi connectivity index (χ4n) is 3.25. The van der Waals surface area contributed by atoms with Gasteiger partial charge in [0.05, 0.1) is 17.4 Å². The number of amides is 1. The maximum Gasteiger partial charge on any atom is 0.255 e. The number of hydrogen-bond acceptors (Lipinski definition) is 3. The highest BCUT2D eigenvalue weighted by molar-refractivity contribution is 5.86. The van der Waals surface area contributed by atoms with Gasteiger partial charge in [0, 0.05) is 0 Å². The van der Waals surface area contributed by atoms with Crippen LogP contribution in [0, 0.1) is 11.3 Å². The Morgan fingerprint density at radius 3 is 2.18 bits per heavy atom. The number of nitrogens with one attached hydrogen (secondary N) is 1. The van der Waals surface area contributed by atoms with Crippen LogP contribution in [0.2, 0.25) is 0 Å². The molecule has 3 aromatic carbocycles. The van der Waals surface area contributed by atoms with E-state index in [1.54, 1.807) is 5.48 Å². The average Bonchev–Trinajstić information content (AvgIpc) is 2.75. The summed E-state index contributed by atoms with van der Waals surface area (Å²) >= 11 is 0. The molecule has 1 amide bonds. The number of nitriles is 1. The monoisotopic (exact) mass is 370 g/mol. The van der Waals surface area contributed by atoms with E-state index in [1.165, 1.54) is 0 Å². The quantitative estimate of drug-likeness (QED) is 0.501. The second kappa shape index (κ2) is 8.08. The summed E-state index contributed by atoms with van der Waals surface area (Å²) in [5.41, 5.74) is 5.74. The lowest BCUT2D eigenvalue weighted by Crippen LogP contribution is -2.27. The van der Waals surface area contributed by atoms with Crippen LogP contribution in [0.25, 0.3) is 11.1 Å². The first-order valence-corrected chi connectivity index (χ1v) is 9.07. The van der Waals surface area contributed by atoms with Crippen LogP contribution in [-0.2, 0) is 10.2 Å². The van der Waals surface area contributed by atoms with E-state index in [4.69, 9.17) is 0 Å². The van der Waals surface area contributed by atoms with Crippen LogP contribution >= 0.6 is 0 Å². The second-order valence-electron chi connectivity index (χ2n) is 7.26. The van der Waals surface area contributed by atoms with Crippen LogP contribution in [0.4, 0.5) is 0 Å². The SMILES string of the molecule is CC(C)(C#N)c1ccc(-c2cccc(C(C(=O)NO)c3ccccc3)c2)cc1. The summed E-state index contributed by atoms with van der Waals surface area (Å²) in [7, 11) is 0. The van der Waals surface area contributed by atoms with Crippen molar-refractivity contribution in [2.24, 2.45) is 0 Å². The highest BCUT2D eigenvalue weighted by Gasteiger charge is 2.23. The second-order valence-corrected chi connectivity index (χ2v) is 7.26. The Morgan fingerprint density at radius 1 is 0.929 bits per heavy atom. The zero-order valence-electron chi connectivity index (χ0n) is 15.9. The van der Waals surface area contributed by atoms with Crippen LogP contribution in [-0.4, -0.2) is 11.1 Å². The van der Waals surface area contributed by atoms with Gasteiger partial charge in [0.1, 0.15) is 0 Å². The molecule has 0 saturated carbocycles. The van der Waals surface area contributed by atoms with Gasteiger partial charge in [-0.05, 0) is 41.7 Å². The molecule has 0 spiro atoms. The summed E-state index contributed by atoms with van der Waals surface area (Å²) in [4.78, 5) is 12.4. The Labute approximate surface area is 165 Å². The van der Waals surface area contributed by atoms with E-state index in [9.17, 15) is 15.3 Å². The first-order valence-electron chi connectivity index (χ1n) is 9.07. The molecule has 4 nitrogen and oxygen atoms in total. The van der Waals surface area contributed by atoms with E-state index >= 15 is 0 Å². The average molecular weight is 370 g/mol. The molecular formula is C24H22N2O2. The highest BCUT2D eigenvalue weighted by Crippen LogP contribution is 2.30. The summed E-state index contributed by atoms with van der Waals surface area (Å²) in [5, 5.41) is 18.5. The van der Waals surface area contributed by atoms with Gasteiger partial charge in [-0.3, -0.25) is 10.0 Å². The third-order valence-corrected chi connectivity index (χ3v) is 4.94. The van der Waals surface area contributed by atoms with Gasteiger partial charge in [0.15, 0.2) is 0 Å². The van der Waals surface area contributed by atoms with Crippen molar-refractivity contribution in [3.63, 3.8) is 0 Å². The van der Waals surface area contributed by atoms with Gasteiger partial charge in [0.25, 0.3) is 5.91 Å². The number of nitrogens with zero attached hydrogens (tertiary/aromatic N) is 1. The van der Waals surface area contributed by atoms with Crippen molar-refractivity contribution in [3.05, 3.63) is 95.6 Å². The molecule has 0 aliphatic heterocycles. The van der Waals surface area contributed by atoms with Gasteiger partial charge >= 0.3 is 0 Å². The highest BCUT2D eigenvalue weighted by atomic mass is 16.5. The maximum atomic E-state index is 12.4. The molecule has 140 valence electrons. The van der Waals surface area contributed by atoms with Crippen molar-refractivity contribution in [1.29, 1.82) is 5.26 Å². The zero-order valence-corrected chi connectivity index (χ0v) is 15.9. The number of carbonyl (C=O) groups excluding carboxylic acids is 1. The van der Waals surface area contributed by atoms with Gasteiger partial charge in [-0.15, -0.1) is 0 Å². The Bertz CT molecular complexity index is 1000. The normalized spacial score (nSPS) is 12.1. The molecule has 1 atom stereocenters. The van der Waals surface area contributed by atoms with Crippen LogP contribution in [0.3, 0.4) is 0 Å². The van der Waals surface area contributed by atoms with E-state index in [0.717, 1.165) is 27.8 Å². The predicted octanol–water partition coefficient (Wildman–Crippen LogP) is 4.79. The third kappa shape index (κ3) is 3.95. The summed E-state index contributed by atoms with van der Waals surface area (Å²) < 4.78 is 0. The molecule has 3 aromatic rings. The van der Waals surface area contributed by atoms with E-state index in [2.05, 4.69) is 6.07 Å². The van der Waals surface area contributed by atoms with E-state index in [1.807, 2.05) is 92.7 Å². The number of hydrogen-bond donors (Lipinski definition) is 2. The summed E-state index contributed by atoms with van der Waals surface area (Å²) in [6, 6.07) is 27.3. The van der Waals surface area contributed by atoms with Crippen molar-refractivity contribution in [1.82, 2.24) is 5.48 Å². The molecule has 0 heterocycles. The molecule has 1 unspecified atom stereocenters. The third-order valence-electron chi connectivity index (χ3n) is 4.94. The molecule has 0 radical (unpaired) electrons.